The van der Waals surface area contributed by atoms with Gasteiger partial charge in [-0.1, -0.05) is 0 Å². The number of piperazine rings is 1. The molecule has 208 valence electrons. The van der Waals surface area contributed by atoms with Crippen molar-refractivity contribution in [1.29, 1.82) is 0 Å². The summed E-state index contributed by atoms with van der Waals surface area (Å²) >= 11 is 0. The van der Waals surface area contributed by atoms with Crippen LogP contribution in [0.2, 0.25) is 0 Å². The number of aromatic nitrogens is 3. The van der Waals surface area contributed by atoms with Crippen LogP contribution in [-0.2, 0) is 0 Å². The smallest absolute Gasteiger partial charge is 0.262 e. The molecule has 2 aromatic carbocycles. The molecule has 1 aliphatic rings. The van der Waals surface area contributed by atoms with E-state index in [0.717, 1.165) is 18.8 Å². The summed E-state index contributed by atoms with van der Waals surface area (Å²) in [6, 6.07) is 11.9. The van der Waals surface area contributed by atoms with Crippen LogP contribution in [0.25, 0.3) is 10.9 Å². The largest absolute Gasteiger partial charge is 0.435 e. The maximum atomic E-state index is 15.3. The van der Waals surface area contributed by atoms with Gasteiger partial charge in [-0.2, -0.15) is 0 Å². The second-order valence-corrected chi connectivity index (χ2v) is 9.91. The number of rotatable bonds is 7. The minimum atomic E-state index is -0.558. The molecule has 0 atom stereocenters. The summed E-state index contributed by atoms with van der Waals surface area (Å²) in [6.07, 6.45) is 1.25. The van der Waals surface area contributed by atoms with Gasteiger partial charge in [0.2, 0.25) is 5.88 Å². The standard InChI is InChI=1S/C29H32FN7O3/c1-5-36(4)29(39)24-26(34-20-8-6-19(7-9-20)28(38)37-14-12-35(3)13-15-37)31-17-32-27(24)40-23-11-10-22-21(25(23)30)16-18(2)33-22/h6-11,16-17,33H,5,12-15H2,1-4H3,(H,31,32,34). The van der Waals surface area contributed by atoms with Gasteiger partial charge in [0.05, 0.1) is 0 Å². The molecule has 0 radical (unpaired) electrons. The lowest BCUT2D eigenvalue weighted by atomic mass is 10.1. The highest BCUT2D eigenvalue weighted by atomic mass is 19.1. The van der Waals surface area contributed by atoms with Gasteiger partial charge >= 0.3 is 0 Å². The molecule has 4 aromatic rings. The summed E-state index contributed by atoms with van der Waals surface area (Å²) in [7, 11) is 3.69. The van der Waals surface area contributed by atoms with E-state index < -0.39 is 5.82 Å². The number of fused-ring (bicyclic) bond motifs is 1. The molecule has 0 unspecified atom stereocenters. The number of H-pyrrole nitrogens is 1. The average molecular weight is 546 g/mol. The Morgan fingerprint density at radius 1 is 1.10 bits per heavy atom. The molecule has 5 rings (SSSR count). The third kappa shape index (κ3) is 5.46. The van der Waals surface area contributed by atoms with Gasteiger partial charge < -0.3 is 29.7 Å². The zero-order chi connectivity index (χ0) is 28.4. The summed E-state index contributed by atoms with van der Waals surface area (Å²) in [4.78, 5) is 43.4. The number of carbonyl (C=O) groups is 2. The minimum absolute atomic E-state index is 0.0191. The molecule has 11 heteroatoms. The molecule has 1 saturated heterocycles. The number of ether oxygens (including phenoxy) is 1. The summed E-state index contributed by atoms with van der Waals surface area (Å²) in [5, 5.41) is 3.53. The third-order valence-electron chi connectivity index (χ3n) is 7.08. The molecule has 3 heterocycles. The van der Waals surface area contributed by atoms with Gasteiger partial charge in [-0.25, -0.2) is 14.4 Å². The number of aryl methyl sites for hydroxylation is 1. The molecular formula is C29H32FN7O3. The van der Waals surface area contributed by atoms with E-state index in [2.05, 4.69) is 25.2 Å². The lowest BCUT2D eigenvalue weighted by molar-refractivity contribution is 0.0663. The molecule has 2 N–H and O–H groups in total. The van der Waals surface area contributed by atoms with E-state index in [4.69, 9.17) is 4.74 Å². The van der Waals surface area contributed by atoms with Crippen LogP contribution in [0.5, 0.6) is 11.6 Å². The number of nitrogens with zero attached hydrogens (tertiary/aromatic N) is 5. The fourth-order valence-corrected chi connectivity index (χ4v) is 4.56. The Bertz CT molecular complexity index is 1550. The zero-order valence-corrected chi connectivity index (χ0v) is 23.0. The SMILES string of the molecule is CCN(C)C(=O)c1c(Nc2ccc(C(=O)N3CCN(C)CC3)cc2)ncnc1Oc1ccc2[nH]c(C)cc2c1F. The fourth-order valence-electron chi connectivity index (χ4n) is 4.56. The second-order valence-electron chi connectivity index (χ2n) is 9.91. The maximum Gasteiger partial charge on any atom is 0.262 e. The summed E-state index contributed by atoms with van der Waals surface area (Å²) in [6.45, 7) is 7.17. The number of aromatic amines is 1. The molecule has 10 nitrogen and oxygen atoms in total. The van der Waals surface area contributed by atoms with E-state index in [1.54, 1.807) is 43.4 Å². The van der Waals surface area contributed by atoms with Crippen molar-refractivity contribution in [2.45, 2.75) is 13.8 Å². The molecule has 2 amide bonds. The van der Waals surface area contributed by atoms with Gasteiger partial charge in [0.15, 0.2) is 17.4 Å². The monoisotopic (exact) mass is 545 g/mol. The first-order valence-electron chi connectivity index (χ1n) is 13.2. The van der Waals surface area contributed by atoms with Gasteiger partial charge in [-0.05, 0) is 63.4 Å². The predicted molar refractivity (Wildman–Crippen MR) is 151 cm³/mol. The summed E-state index contributed by atoms with van der Waals surface area (Å²) in [5.74, 6) is -0.896. The molecule has 40 heavy (non-hydrogen) atoms. The number of anilines is 2. The number of likely N-dealkylation sites (N-methyl/N-ethyl adjacent to an activating group) is 1. The highest BCUT2D eigenvalue weighted by molar-refractivity contribution is 6.01. The van der Waals surface area contributed by atoms with Gasteiger partial charge in [0.1, 0.15) is 11.9 Å². The number of nitrogens with one attached hydrogen (secondary N) is 2. The predicted octanol–water partition coefficient (Wildman–Crippen LogP) is 4.42. The number of halogens is 1. The van der Waals surface area contributed by atoms with Crippen molar-refractivity contribution in [1.82, 2.24) is 29.7 Å². The Labute approximate surface area is 231 Å². The van der Waals surface area contributed by atoms with Gasteiger partial charge in [0, 0.05) is 67.6 Å². The van der Waals surface area contributed by atoms with Crippen LogP contribution in [0.15, 0.2) is 48.8 Å². The lowest BCUT2D eigenvalue weighted by Crippen LogP contribution is -2.47. The Hall–Kier alpha value is -4.51. The summed E-state index contributed by atoms with van der Waals surface area (Å²) < 4.78 is 21.2. The first-order valence-corrected chi connectivity index (χ1v) is 13.2. The van der Waals surface area contributed by atoms with Gasteiger partial charge in [0.25, 0.3) is 11.8 Å². The first-order chi connectivity index (χ1) is 19.2. The number of carbonyl (C=O) groups excluding carboxylic acids is 2. The molecule has 2 aromatic heterocycles. The van der Waals surface area contributed by atoms with Gasteiger partial charge in [-0.15, -0.1) is 0 Å². The Morgan fingerprint density at radius 3 is 2.52 bits per heavy atom. The van der Waals surface area contributed by atoms with Crippen LogP contribution in [0.1, 0.15) is 33.3 Å². The van der Waals surface area contributed by atoms with Crippen LogP contribution in [0.4, 0.5) is 15.9 Å². The topological polar surface area (TPSA) is 107 Å². The number of hydrogen-bond donors (Lipinski definition) is 2. The average Bonchev–Trinajstić information content (AvgIpc) is 3.35. The fraction of sp³-hybridized carbons (Fsp3) is 0.310. The molecule has 0 aliphatic carbocycles. The molecular weight excluding hydrogens is 513 g/mol. The first kappa shape index (κ1) is 27.1. The third-order valence-corrected chi connectivity index (χ3v) is 7.08. The minimum Gasteiger partial charge on any atom is -0.435 e. The van der Waals surface area contributed by atoms with E-state index in [-0.39, 0.29) is 34.8 Å². The molecule has 0 saturated carbocycles. The number of amides is 2. The van der Waals surface area contributed by atoms with E-state index in [0.29, 0.717) is 41.8 Å². The molecule has 0 spiro atoms. The second kappa shape index (κ2) is 11.3. The van der Waals surface area contributed by atoms with Crippen LogP contribution < -0.4 is 10.1 Å². The normalized spacial score (nSPS) is 13.9. The molecule has 0 bridgehead atoms. The zero-order valence-electron chi connectivity index (χ0n) is 23.0. The molecule has 1 aliphatic heterocycles. The van der Waals surface area contributed by atoms with E-state index in [1.807, 2.05) is 25.8 Å². The van der Waals surface area contributed by atoms with E-state index in [9.17, 15) is 9.59 Å². The van der Waals surface area contributed by atoms with Crippen molar-refractivity contribution in [3.05, 3.63) is 71.4 Å². The van der Waals surface area contributed by atoms with Crippen molar-refractivity contribution in [3.8, 4) is 11.6 Å². The van der Waals surface area contributed by atoms with Crippen molar-refractivity contribution in [2.75, 3.05) is 52.1 Å². The highest BCUT2D eigenvalue weighted by Crippen LogP contribution is 2.34. The van der Waals surface area contributed by atoms with Crippen LogP contribution in [0.3, 0.4) is 0 Å². The Balaban J connectivity index is 1.43. The van der Waals surface area contributed by atoms with Crippen molar-refractivity contribution in [2.24, 2.45) is 0 Å². The van der Waals surface area contributed by atoms with Crippen molar-refractivity contribution >= 4 is 34.2 Å². The Kier molecular flexibility index (Phi) is 7.65. The van der Waals surface area contributed by atoms with Crippen molar-refractivity contribution < 1.29 is 18.7 Å². The lowest BCUT2D eigenvalue weighted by Gasteiger charge is -2.32. The van der Waals surface area contributed by atoms with Crippen LogP contribution in [-0.4, -0.2) is 88.3 Å². The number of hydrogen-bond acceptors (Lipinski definition) is 7. The molecule has 1 fully saturated rings. The number of benzene rings is 2. The van der Waals surface area contributed by atoms with E-state index in [1.165, 1.54) is 17.3 Å². The Morgan fingerprint density at radius 2 is 1.82 bits per heavy atom. The van der Waals surface area contributed by atoms with Crippen LogP contribution >= 0.6 is 0 Å². The highest BCUT2D eigenvalue weighted by Gasteiger charge is 2.25. The van der Waals surface area contributed by atoms with Crippen molar-refractivity contribution in [3.63, 3.8) is 0 Å². The van der Waals surface area contributed by atoms with Crippen LogP contribution in [0, 0.1) is 12.7 Å². The van der Waals surface area contributed by atoms with E-state index >= 15 is 4.39 Å². The maximum absolute atomic E-state index is 15.3. The quantitative estimate of drug-likeness (QED) is 0.354. The van der Waals surface area contributed by atoms with Gasteiger partial charge in [-0.3, -0.25) is 9.59 Å². The summed E-state index contributed by atoms with van der Waals surface area (Å²) in [5.41, 5.74) is 2.72.